The van der Waals surface area contributed by atoms with E-state index in [2.05, 4.69) is 16.7 Å². The zero-order valence-electron chi connectivity index (χ0n) is 18.6. The number of amides is 1. The molecule has 33 heavy (non-hydrogen) atoms. The maximum atomic E-state index is 13.8. The van der Waals surface area contributed by atoms with Crippen molar-refractivity contribution >= 4 is 46.2 Å². The number of hydrogen-bond donors (Lipinski definition) is 2. The fourth-order valence-electron chi connectivity index (χ4n) is 4.87. The first-order valence-electron chi connectivity index (χ1n) is 10.8. The second-order valence-electron chi connectivity index (χ2n) is 8.72. The van der Waals surface area contributed by atoms with Crippen molar-refractivity contribution in [2.75, 3.05) is 10.2 Å². The Morgan fingerprint density at radius 3 is 2.58 bits per heavy atom. The van der Waals surface area contributed by atoms with Crippen molar-refractivity contribution in [1.82, 2.24) is 5.32 Å². The molecule has 1 saturated heterocycles. The standard InChI is InChI=1S/C26H24ClN3O2S/c1-15-8-13-20(16(2)14-15)28-24(31)22-23-19-6-4-5-7-21(19)32-26(22,3)30(25(33)29-23)18-11-9-17(27)10-12-18/h4-14,22-23H,1-3H3,(H,28,31)(H,29,33)/t22-,23-,26-/m0/s1. The number of fused-ring (bicyclic) bond motifs is 4. The van der Waals surface area contributed by atoms with E-state index in [1.54, 1.807) is 12.1 Å². The number of nitrogens with one attached hydrogen (secondary N) is 2. The zero-order valence-corrected chi connectivity index (χ0v) is 20.1. The van der Waals surface area contributed by atoms with Gasteiger partial charge in [-0.3, -0.25) is 9.69 Å². The molecule has 5 nitrogen and oxygen atoms in total. The molecule has 2 N–H and O–H groups in total. The van der Waals surface area contributed by atoms with Crippen LogP contribution < -0.4 is 20.3 Å². The summed E-state index contributed by atoms with van der Waals surface area (Å²) in [6, 6.07) is 20.8. The second kappa shape index (κ2) is 8.04. The Morgan fingerprint density at radius 1 is 1.12 bits per heavy atom. The largest absolute Gasteiger partial charge is 0.467 e. The van der Waals surface area contributed by atoms with Crippen LogP contribution in [0.25, 0.3) is 0 Å². The lowest BCUT2D eigenvalue weighted by Crippen LogP contribution is -2.72. The molecule has 2 aliphatic heterocycles. The van der Waals surface area contributed by atoms with Gasteiger partial charge in [-0.15, -0.1) is 0 Å². The van der Waals surface area contributed by atoms with Crippen LogP contribution in [0.4, 0.5) is 11.4 Å². The molecule has 0 aromatic heterocycles. The lowest BCUT2D eigenvalue weighted by atomic mass is 9.78. The summed E-state index contributed by atoms with van der Waals surface area (Å²) in [5, 5.41) is 7.67. The smallest absolute Gasteiger partial charge is 0.236 e. The van der Waals surface area contributed by atoms with E-state index in [-0.39, 0.29) is 11.9 Å². The SMILES string of the molecule is Cc1ccc(NC(=O)[C@@H]2[C@H]3NC(=S)N(c4ccc(Cl)cc4)[C@@]2(C)Oc2ccccc23)c(C)c1. The molecule has 0 radical (unpaired) electrons. The first-order valence-corrected chi connectivity index (χ1v) is 11.6. The number of carbonyl (C=O) groups is 1. The van der Waals surface area contributed by atoms with Crippen LogP contribution in [0.1, 0.15) is 29.7 Å². The van der Waals surface area contributed by atoms with Crippen LogP contribution in [0.2, 0.25) is 5.02 Å². The Balaban J connectivity index is 1.61. The third-order valence-corrected chi connectivity index (χ3v) is 6.97. The van der Waals surface area contributed by atoms with Gasteiger partial charge in [0, 0.05) is 22.0 Å². The van der Waals surface area contributed by atoms with Crippen molar-refractivity contribution in [2.45, 2.75) is 32.5 Å². The average Bonchev–Trinajstić information content (AvgIpc) is 2.76. The number of anilines is 2. The Hall–Kier alpha value is -3.09. The second-order valence-corrected chi connectivity index (χ2v) is 9.54. The van der Waals surface area contributed by atoms with Crippen LogP contribution in [0, 0.1) is 19.8 Å². The first-order chi connectivity index (χ1) is 15.8. The summed E-state index contributed by atoms with van der Waals surface area (Å²) in [6.07, 6.45) is 0. The summed E-state index contributed by atoms with van der Waals surface area (Å²) in [7, 11) is 0. The van der Waals surface area contributed by atoms with Crippen molar-refractivity contribution in [3.05, 3.63) is 88.4 Å². The number of thiocarbonyl (C=S) groups is 1. The van der Waals surface area contributed by atoms with E-state index in [9.17, 15) is 4.79 Å². The Morgan fingerprint density at radius 2 is 1.85 bits per heavy atom. The third kappa shape index (κ3) is 3.63. The highest BCUT2D eigenvalue weighted by molar-refractivity contribution is 7.80. The predicted molar refractivity (Wildman–Crippen MR) is 136 cm³/mol. The van der Waals surface area contributed by atoms with Gasteiger partial charge in [-0.2, -0.15) is 0 Å². The van der Waals surface area contributed by atoms with E-state index >= 15 is 0 Å². The lowest BCUT2D eigenvalue weighted by molar-refractivity contribution is -0.130. The minimum Gasteiger partial charge on any atom is -0.467 e. The zero-order chi connectivity index (χ0) is 23.3. The Bertz CT molecular complexity index is 1260. The van der Waals surface area contributed by atoms with Gasteiger partial charge in [0.25, 0.3) is 0 Å². The molecule has 1 fully saturated rings. The van der Waals surface area contributed by atoms with Crippen molar-refractivity contribution in [3.8, 4) is 5.75 Å². The maximum Gasteiger partial charge on any atom is 0.236 e. The normalized spacial score (nSPS) is 23.3. The summed E-state index contributed by atoms with van der Waals surface area (Å²) in [5.41, 5.74) is 3.58. The fraction of sp³-hybridized carbons (Fsp3) is 0.231. The predicted octanol–water partition coefficient (Wildman–Crippen LogP) is 5.76. The van der Waals surface area contributed by atoms with Crippen LogP contribution in [0.3, 0.4) is 0 Å². The molecule has 1 amide bonds. The molecule has 0 spiro atoms. The Labute approximate surface area is 203 Å². The summed E-state index contributed by atoms with van der Waals surface area (Å²) < 4.78 is 6.58. The van der Waals surface area contributed by atoms with E-state index in [0.29, 0.717) is 10.1 Å². The van der Waals surface area contributed by atoms with Gasteiger partial charge in [0.05, 0.1) is 6.04 Å². The minimum atomic E-state index is -1.06. The van der Waals surface area contributed by atoms with Crippen LogP contribution in [-0.2, 0) is 4.79 Å². The van der Waals surface area contributed by atoms with Crippen LogP contribution >= 0.6 is 23.8 Å². The van der Waals surface area contributed by atoms with Crippen LogP contribution in [0.15, 0.2) is 66.7 Å². The number of nitrogens with zero attached hydrogens (tertiary/aromatic N) is 1. The molecule has 0 unspecified atom stereocenters. The monoisotopic (exact) mass is 477 g/mol. The molecule has 5 rings (SSSR count). The minimum absolute atomic E-state index is 0.141. The van der Waals surface area contributed by atoms with E-state index in [0.717, 1.165) is 33.8 Å². The number of hydrogen-bond acceptors (Lipinski definition) is 3. The first kappa shape index (κ1) is 21.7. The molecule has 3 aromatic carbocycles. The maximum absolute atomic E-state index is 13.8. The van der Waals surface area contributed by atoms with Gasteiger partial charge in [0.2, 0.25) is 5.91 Å². The average molecular weight is 478 g/mol. The van der Waals surface area contributed by atoms with E-state index < -0.39 is 11.6 Å². The highest BCUT2D eigenvalue weighted by Crippen LogP contribution is 2.49. The van der Waals surface area contributed by atoms with Crippen molar-refractivity contribution in [2.24, 2.45) is 5.92 Å². The van der Waals surface area contributed by atoms with Gasteiger partial charge >= 0.3 is 0 Å². The molecule has 3 aromatic rings. The number of ether oxygens (including phenoxy) is 1. The molecule has 2 heterocycles. The quantitative estimate of drug-likeness (QED) is 0.470. The number of para-hydroxylation sites is 1. The molecular weight excluding hydrogens is 454 g/mol. The highest BCUT2D eigenvalue weighted by atomic mass is 35.5. The van der Waals surface area contributed by atoms with Gasteiger partial charge in [-0.05, 0) is 75.0 Å². The van der Waals surface area contributed by atoms with E-state index in [1.165, 1.54) is 0 Å². The summed E-state index contributed by atoms with van der Waals surface area (Å²) in [5.74, 6) is 0.00271. The molecular formula is C26H24ClN3O2S. The molecule has 0 aliphatic carbocycles. The lowest BCUT2D eigenvalue weighted by Gasteiger charge is -2.56. The third-order valence-electron chi connectivity index (χ3n) is 6.41. The molecule has 7 heteroatoms. The molecule has 0 saturated carbocycles. The number of rotatable bonds is 3. The number of halogens is 1. The van der Waals surface area contributed by atoms with E-state index in [1.807, 2.05) is 74.2 Å². The number of aryl methyl sites for hydroxylation is 2. The topological polar surface area (TPSA) is 53.6 Å². The molecule has 168 valence electrons. The summed E-state index contributed by atoms with van der Waals surface area (Å²) in [4.78, 5) is 15.7. The van der Waals surface area contributed by atoms with Gasteiger partial charge in [-0.25, -0.2) is 0 Å². The van der Waals surface area contributed by atoms with Crippen molar-refractivity contribution < 1.29 is 9.53 Å². The van der Waals surface area contributed by atoms with Gasteiger partial charge in [0.1, 0.15) is 11.7 Å². The summed E-state index contributed by atoms with van der Waals surface area (Å²) >= 11 is 11.9. The van der Waals surface area contributed by atoms with Gasteiger partial charge in [0.15, 0.2) is 10.8 Å². The number of carbonyl (C=O) groups excluding carboxylic acids is 1. The fourth-order valence-corrected chi connectivity index (χ4v) is 5.41. The van der Waals surface area contributed by atoms with Crippen molar-refractivity contribution in [1.29, 1.82) is 0 Å². The molecule has 2 bridgehead atoms. The van der Waals surface area contributed by atoms with Crippen LogP contribution in [0.5, 0.6) is 5.75 Å². The Kier molecular flexibility index (Phi) is 5.30. The van der Waals surface area contributed by atoms with Gasteiger partial charge < -0.3 is 15.4 Å². The van der Waals surface area contributed by atoms with E-state index in [4.69, 9.17) is 28.6 Å². The van der Waals surface area contributed by atoms with Crippen LogP contribution in [-0.4, -0.2) is 16.7 Å². The summed E-state index contributed by atoms with van der Waals surface area (Å²) in [6.45, 7) is 5.94. The molecule has 2 aliphatic rings. The highest BCUT2D eigenvalue weighted by Gasteiger charge is 2.59. The van der Waals surface area contributed by atoms with Gasteiger partial charge in [-0.1, -0.05) is 47.5 Å². The molecule has 3 atom stereocenters. The number of benzene rings is 3. The van der Waals surface area contributed by atoms with Crippen molar-refractivity contribution in [3.63, 3.8) is 0 Å².